The molecule has 1 saturated carbocycles. The molecule has 0 aromatic carbocycles. The van der Waals surface area contributed by atoms with E-state index in [0.29, 0.717) is 17.9 Å². The fourth-order valence-corrected chi connectivity index (χ4v) is 2.71. The summed E-state index contributed by atoms with van der Waals surface area (Å²) in [6, 6.07) is 0.457. The van der Waals surface area contributed by atoms with E-state index in [1.165, 1.54) is 38.5 Å². The van der Waals surface area contributed by atoms with Crippen LogP contribution >= 0.6 is 0 Å². The lowest BCUT2D eigenvalue weighted by Crippen LogP contribution is -2.57. The Kier molecular flexibility index (Phi) is 4.22. The van der Waals surface area contributed by atoms with Crippen LogP contribution in [0.15, 0.2) is 0 Å². The highest BCUT2D eigenvalue weighted by Gasteiger charge is 2.26. The fraction of sp³-hybridized carbons (Fsp3) is 0.923. The van der Waals surface area contributed by atoms with Crippen molar-refractivity contribution in [2.75, 3.05) is 20.1 Å². The van der Waals surface area contributed by atoms with Crippen LogP contribution in [0.1, 0.15) is 44.9 Å². The number of carbonyl (C=O) groups excluding carboxylic acids is 1. The molecule has 2 fully saturated rings. The minimum atomic E-state index is 0.360. The van der Waals surface area contributed by atoms with Crippen LogP contribution in [0.2, 0.25) is 0 Å². The average molecular weight is 224 g/mol. The van der Waals surface area contributed by atoms with Crippen molar-refractivity contribution in [1.29, 1.82) is 0 Å². The molecule has 0 atom stereocenters. The van der Waals surface area contributed by atoms with E-state index in [0.717, 1.165) is 19.5 Å². The summed E-state index contributed by atoms with van der Waals surface area (Å²) in [5, 5.41) is 3.22. The molecular weight excluding hydrogens is 200 g/mol. The summed E-state index contributed by atoms with van der Waals surface area (Å²) in [5.74, 6) is 1.02. The summed E-state index contributed by atoms with van der Waals surface area (Å²) in [4.78, 5) is 14.0. The second kappa shape index (κ2) is 5.67. The summed E-state index contributed by atoms with van der Waals surface area (Å²) < 4.78 is 0. The van der Waals surface area contributed by atoms with Crippen molar-refractivity contribution >= 4 is 5.91 Å². The number of amides is 1. The van der Waals surface area contributed by atoms with Gasteiger partial charge in [-0.3, -0.25) is 4.79 Å². The highest BCUT2D eigenvalue weighted by molar-refractivity contribution is 5.76. The third kappa shape index (κ3) is 2.97. The molecule has 0 aromatic rings. The standard InChI is InChI=1S/C13H24N2O/c1-15(12-9-14-10-12)13(16)8-11-6-4-2-3-5-7-11/h11-12,14H,2-10H2,1H3. The van der Waals surface area contributed by atoms with E-state index in [-0.39, 0.29) is 0 Å². The number of carbonyl (C=O) groups is 1. The molecule has 0 bridgehead atoms. The largest absolute Gasteiger partial charge is 0.340 e. The van der Waals surface area contributed by atoms with Gasteiger partial charge in [-0.05, 0) is 18.8 Å². The smallest absolute Gasteiger partial charge is 0.222 e. The number of hydrogen-bond donors (Lipinski definition) is 1. The van der Waals surface area contributed by atoms with Gasteiger partial charge >= 0.3 is 0 Å². The molecule has 0 unspecified atom stereocenters. The normalized spacial score (nSPS) is 23.6. The molecule has 0 spiro atoms. The monoisotopic (exact) mass is 224 g/mol. The van der Waals surface area contributed by atoms with Gasteiger partial charge in [0.2, 0.25) is 5.91 Å². The Labute approximate surface area is 98.6 Å². The molecule has 0 aromatic heterocycles. The van der Waals surface area contributed by atoms with Crippen molar-refractivity contribution in [3.63, 3.8) is 0 Å². The Balaban J connectivity index is 1.76. The number of nitrogens with one attached hydrogen (secondary N) is 1. The number of likely N-dealkylation sites (N-methyl/N-ethyl adjacent to an activating group) is 1. The van der Waals surface area contributed by atoms with Crippen molar-refractivity contribution in [2.45, 2.75) is 51.0 Å². The van der Waals surface area contributed by atoms with Crippen LogP contribution in [-0.2, 0) is 4.79 Å². The first-order chi connectivity index (χ1) is 7.77. The van der Waals surface area contributed by atoms with Crippen LogP contribution in [0.5, 0.6) is 0 Å². The van der Waals surface area contributed by atoms with Crippen molar-refractivity contribution in [1.82, 2.24) is 10.2 Å². The molecule has 1 N–H and O–H groups in total. The zero-order valence-electron chi connectivity index (χ0n) is 10.4. The number of nitrogens with zero attached hydrogens (tertiary/aromatic N) is 1. The molecule has 1 aliphatic heterocycles. The predicted octanol–water partition coefficient (Wildman–Crippen LogP) is 1.78. The zero-order chi connectivity index (χ0) is 11.4. The highest BCUT2D eigenvalue weighted by atomic mass is 16.2. The summed E-state index contributed by atoms with van der Waals surface area (Å²) in [6.07, 6.45) is 8.71. The van der Waals surface area contributed by atoms with Crippen molar-refractivity contribution < 1.29 is 4.79 Å². The molecule has 16 heavy (non-hydrogen) atoms. The molecule has 2 rings (SSSR count). The number of hydrogen-bond acceptors (Lipinski definition) is 2. The van der Waals surface area contributed by atoms with Crippen LogP contribution in [0.4, 0.5) is 0 Å². The Bertz CT molecular complexity index is 230. The quantitative estimate of drug-likeness (QED) is 0.741. The maximum absolute atomic E-state index is 12.1. The van der Waals surface area contributed by atoms with Gasteiger partial charge in [0.15, 0.2) is 0 Å². The Morgan fingerprint density at radius 3 is 2.31 bits per heavy atom. The van der Waals surface area contributed by atoms with Gasteiger partial charge in [0.25, 0.3) is 0 Å². The van der Waals surface area contributed by atoms with E-state index < -0.39 is 0 Å². The lowest BCUT2D eigenvalue weighted by molar-refractivity contribution is -0.134. The van der Waals surface area contributed by atoms with E-state index in [1.54, 1.807) is 0 Å². The van der Waals surface area contributed by atoms with E-state index in [2.05, 4.69) is 5.32 Å². The Morgan fingerprint density at radius 2 is 1.81 bits per heavy atom. The minimum absolute atomic E-state index is 0.360. The Morgan fingerprint density at radius 1 is 1.19 bits per heavy atom. The van der Waals surface area contributed by atoms with Crippen LogP contribution in [0.3, 0.4) is 0 Å². The van der Waals surface area contributed by atoms with Gasteiger partial charge in [0, 0.05) is 26.6 Å². The zero-order valence-corrected chi connectivity index (χ0v) is 10.4. The Hall–Kier alpha value is -0.570. The lowest BCUT2D eigenvalue weighted by atomic mass is 9.95. The van der Waals surface area contributed by atoms with Gasteiger partial charge in [-0.25, -0.2) is 0 Å². The second-order valence-corrected chi connectivity index (χ2v) is 5.38. The van der Waals surface area contributed by atoms with E-state index in [4.69, 9.17) is 0 Å². The van der Waals surface area contributed by atoms with Gasteiger partial charge in [-0.1, -0.05) is 25.7 Å². The van der Waals surface area contributed by atoms with E-state index in [1.807, 2.05) is 11.9 Å². The molecule has 0 radical (unpaired) electrons. The van der Waals surface area contributed by atoms with Gasteiger partial charge in [-0.15, -0.1) is 0 Å². The first-order valence-corrected chi connectivity index (χ1v) is 6.74. The van der Waals surface area contributed by atoms with Gasteiger partial charge in [0.05, 0.1) is 6.04 Å². The first kappa shape index (κ1) is 11.9. The third-order valence-electron chi connectivity index (χ3n) is 4.14. The van der Waals surface area contributed by atoms with Crippen molar-refractivity contribution in [3.8, 4) is 0 Å². The van der Waals surface area contributed by atoms with Crippen LogP contribution in [0.25, 0.3) is 0 Å². The molecular formula is C13H24N2O. The fourth-order valence-electron chi connectivity index (χ4n) is 2.71. The summed E-state index contributed by atoms with van der Waals surface area (Å²) >= 11 is 0. The average Bonchev–Trinajstić information content (AvgIpc) is 2.43. The minimum Gasteiger partial charge on any atom is -0.340 e. The topological polar surface area (TPSA) is 32.3 Å². The molecule has 2 aliphatic rings. The maximum Gasteiger partial charge on any atom is 0.222 e. The molecule has 1 heterocycles. The van der Waals surface area contributed by atoms with Gasteiger partial charge in [0.1, 0.15) is 0 Å². The molecule has 1 saturated heterocycles. The molecule has 3 heteroatoms. The lowest BCUT2D eigenvalue weighted by Gasteiger charge is -2.36. The van der Waals surface area contributed by atoms with Gasteiger partial charge < -0.3 is 10.2 Å². The van der Waals surface area contributed by atoms with Crippen molar-refractivity contribution in [2.24, 2.45) is 5.92 Å². The molecule has 92 valence electrons. The summed E-state index contributed by atoms with van der Waals surface area (Å²) in [7, 11) is 1.96. The summed E-state index contributed by atoms with van der Waals surface area (Å²) in [5.41, 5.74) is 0. The summed E-state index contributed by atoms with van der Waals surface area (Å²) in [6.45, 7) is 1.96. The van der Waals surface area contributed by atoms with Crippen molar-refractivity contribution in [3.05, 3.63) is 0 Å². The van der Waals surface area contributed by atoms with Crippen LogP contribution < -0.4 is 5.32 Å². The van der Waals surface area contributed by atoms with Gasteiger partial charge in [-0.2, -0.15) is 0 Å². The molecule has 3 nitrogen and oxygen atoms in total. The predicted molar refractivity (Wildman–Crippen MR) is 65.2 cm³/mol. The van der Waals surface area contributed by atoms with Crippen LogP contribution in [0, 0.1) is 5.92 Å². The second-order valence-electron chi connectivity index (χ2n) is 5.38. The van der Waals surface area contributed by atoms with Crippen LogP contribution in [-0.4, -0.2) is 37.0 Å². The van der Waals surface area contributed by atoms with E-state index >= 15 is 0 Å². The number of rotatable bonds is 3. The third-order valence-corrected chi connectivity index (χ3v) is 4.14. The highest BCUT2D eigenvalue weighted by Crippen LogP contribution is 2.26. The first-order valence-electron chi connectivity index (χ1n) is 6.74. The SMILES string of the molecule is CN(C(=O)CC1CCCCCC1)C1CNC1. The van der Waals surface area contributed by atoms with E-state index in [9.17, 15) is 4.79 Å². The maximum atomic E-state index is 12.1. The molecule has 1 aliphatic carbocycles. The molecule has 1 amide bonds.